The normalized spacial score (nSPS) is 13.3. The van der Waals surface area contributed by atoms with Crippen molar-refractivity contribution in [1.29, 1.82) is 0 Å². The van der Waals surface area contributed by atoms with Crippen molar-refractivity contribution in [2.45, 2.75) is 111 Å². The molecule has 0 unspecified atom stereocenters. The van der Waals surface area contributed by atoms with Gasteiger partial charge in [0.2, 0.25) is 5.78 Å². The highest BCUT2D eigenvalue weighted by molar-refractivity contribution is 5.80. The summed E-state index contributed by atoms with van der Waals surface area (Å²) in [5, 5.41) is 19.4. The summed E-state index contributed by atoms with van der Waals surface area (Å²) >= 11 is 0. The molecule has 0 fully saturated rings. The van der Waals surface area contributed by atoms with Crippen LogP contribution in [0.4, 0.5) is 0 Å². The first-order chi connectivity index (χ1) is 23.1. The minimum absolute atomic E-state index is 0.0181. The molecule has 0 spiro atoms. The Kier molecular flexibility index (Phi) is 11.1. The molecule has 48 heavy (non-hydrogen) atoms. The predicted octanol–water partition coefficient (Wildman–Crippen LogP) is 6.44. The quantitative estimate of drug-likeness (QED) is 0.124. The van der Waals surface area contributed by atoms with Gasteiger partial charge in [0.15, 0.2) is 5.82 Å². The van der Waals surface area contributed by atoms with Crippen LogP contribution in [0.5, 0.6) is 0 Å². The van der Waals surface area contributed by atoms with E-state index in [1.807, 2.05) is 73.8 Å². The van der Waals surface area contributed by atoms with E-state index in [1.54, 1.807) is 4.57 Å². The average Bonchev–Trinajstić information content (AvgIpc) is 3.71. The highest BCUT2D eigenvalue weighted by Gasteiger charge is 2.26. The fraction of sp³-hybridized carbons (Fsp3) is 0.486. The molecule has 0 bridgehead atoms. The van der Waals surface area contributed by atoms with E-state index in [2.05, 4.69) is 30.9 Å². The smallest absolute Gasteiger partial charge is 0.388 e. The van der Waals surface area contributed by atoms with Gasteiger partial charge in [0.1, 0.15) is 5.82 Å². The molecule has 3 heterocycles. The van der Waals surface area contributed by atoms with E-state index in [-0.39, 0.29) is 17.7 Å². The van der Waals surface area contributed by atoms with Crippen LogP contribution in [-0.2, 0) is 17.6 Å². The summed E-state index contributed by atoms with van der Waals surface area (Å²) in [5.41, 5.74) is 4.35. The van der Waals surface area contributed by atoms with Crippen LogP contribution in [0, 0.1) is 6.92 Å². The Morgan fingerprint density at radius 2 is 1.71 bits per heavy atom. The monoisotopic (exact) mass is 656 g/mol. The van der Waals surface area contributed by atoms with Gasteiger partial charge in [0, 0.05) is 23.6 Å². The third kappa shape index (κ3) is 7.52. The maximum atomic E-state index is 14.4. The zero-order chi connectivity index (χ0) is 34.4. The molecular weight excluding hydrogens is 608 g/mol. The number of H-pyrrole nitrogens is 1. The van der Waals surface area contributed by atoms with Crippen molar-refractivity contribution in [3.63, 3.8) is 0 Å². The zero-order valence-electron chi connectivity index (χ0n) is 29.0. The van der Waals surface area contributed by atoms with Crippen LogP contribution >= 0.6 is 0 Å². The third-order valence-electron chi connectivity index (χ3n) is 9.45. The van der Waals surface area contributed by atoms with Gasteiger partial charge in [-0.2, -0.15) is 10.1 Å². The fourth-order valence-corrected chi connectivity index (χ4v) is 6.28. The Morgan fingerprint density at radius 3 is 2.33 bits per heavy atom. The summed E-state index contributed by atoms with van der Waals surface area (Å²) in [7, 11) is 0. The molecule has 3 aromatic heterocycles. The number of hydrogen-bond acceptors (Lipinski definition) is 8. The molecule has 0 saturated heterocycles. The second kappa shape index (κ2) is 15.3. The molecule has 0 aliphatic rings. The van der Waals surface area contributed by atoms with Crippen molar-refractivity contribution in [2.24, 2.45) is 0 Å². The molecule has 11 nitrogen and oxygen atoms in total. The van der Waals surface area contributed by atoms with Crippen LogP contribution in [-0.4, -0.2) is 52.7 Å². The van der Waals surface area contributed by atoms with Crippen molar-refractivity contribution in [3.8, 4) is 22.5 Å². The number of ether oxygens (including phenoxy) is 1. The molecular formula is C37H48N6O5. The number of aromatic amines is 1. The Morgan fingerprint density at radius 1 is 1.00 bits per heavy atom. The topological polar surface area (TPSA) is 141 Å². The number of rotatable bonds is 16. The minimum atomic E-state index is -0.815. The van der Waals surface area contributed by atoms with Crippen LogP contribution in [0.1, 0.15) is 102 Å². The molecule has 5 aromatic rings. The van der Waals surface area contributed by atoms with Gasteiger partial charge >= 0.3 is 5.76 Å². The Balaban J connectivity index is 1.45. The lowest BCUT2D eigenvalue weighted by Crippen LogP contribution is -2.35. The summed E-state index contributed by atoms with van der Waals surface area (Å²) < 4.78 is 14.6. The molecule has 11 heteroatoms. The minimum Gasteiger partial charge on any atom is -0.388 e. The number of nitrogens with one attached hydrogen (secondary N) is 1. The summed E-state index contributed by atoms with van der Waals surface area (Å²) in [6.45, 7) is 12.4. The molecule has 0 amide bonds. The molecule has 0 aliphatic carbocycles. The number of aryl methyl sites for hydroxylation is 2. The lowest BCUT2D eigenvalue weighted by molar-refractivity contribution is -0.0801. The number of aliphatic hydroxyl groups is 1. The maximum Gasteiger partial charge on any atom is 0.439 e. The molecule has 0 saturated carbocycles. The van der Waals surface area contributed by atoms with E-state index >= 15 is 0 Å². The van der Waals surface area contributed by atoms with Gasteiger partial charge in [-0.3, -0.25) is 18.9 Å². The van der Waals surface area contributed by atoms with Crippen LogP contribution in [0.2, 0.25) is 0 Å². The largest absolute Gasteiger partial charge is 0.439 e. The molecule has 256 valence electrons. The second-order valence-electron chi connectivity index (χ2n) is 12.8. The maximum absolute atomic E-state index is 14.4. The molecule has 2 N–H and O–H groups in total. The molecule has 2 atom stereocenters. The van der Waals surface area contributed by atoms with Gasteiger partial charge in [-0.15, -0.1) is 0 Å². The average molecular weight is 657 g/mol. The molecule has 2 aromatic carbocycles. The van der Waals surface area contributed by atoms with Gasteiger partial charge in [-0.05, 0) is 69.1 Å². The first-order valence-corrected chi connectivity index (χ1v) is 17.2. The predicted molar refractivity (Wildman–Crippen MR) is 186 cm³/mol. The standard InChI is InChI=1S/C37H48N6O5/c1-7-13-32-31(22-26-17-19-27(20-18-26)29-14-11-12-15-30(29)33-39-36(45)48-41-33)34(44)42(35-38-25(6)40-43(32)35)24(5)16-21-28(8-2)47-23-37(46,9-3)10-4/h11-12,14-15,17-20,24,28,46H,7-10,13,16,21-23H2,1-6H3,(H,39,41,45)/t24-,28-/m0/s1. The number of benzene rings is 2. The van der Waals surface area contributed by atoms with Crippen LogP contribution in [0.3, 0.4) is 0 Å². The van der Waals surface area contributed by atoms with Crippen molar-refractivity contribution in [3.05, 3.63) is 92.1 Å². The Hall–Kier alpha value is -4.35. The van der Waals surface area contributed by atoms with Crippen molar-refractivity contribution < 1.29 is 14.4 Å². The van der Waals surface area contributed by atoms with E-state index in [9.17, 15) is 14.7 Å². The Labute approximate surface area is 281 Å². The number of hydrogen-bond donors (Lipinski definition) is 2. The fourth-order valence-electron chi connectivity index (χ4n) is 6.28. The van der Waals surface area contributed by atoms with Gasteiger partial charge in [0.05, 0.1) is 24.0 Å². The zero-order valence-corrected chi connectivity index (χ0v) is 29.0. The van der Waals surface area contributed by atoms with E-state index in [0.29, 0.717) is 61.7 Å². The van der Waals surface area contributed by atoms with E-state index in [0.717, 1.165) is 47.2 Å². The van der Waals surface area contributed by atoms with Crippen LogP contribution in [0.15, 0.2) is 62.6 Å². The molecule has 0 aliphatic heterocycles. The van der Waals surface area contributed by atoms with Crippen molar-refractivity contribution >= 4 is 5.78 Å². The van der Waals surface area contributed by atoms with Crippen molar-refractivity contribution in [1.82, 2.24) is 29.3 Å². The summed E-state index contributed by atoms with van der Waals surface area (Å²) in [5.74, 6) is 0.952. The van der Waals surface area contributed by atoms with E-state index < -0.39 is 11.4 Å². The lowest BCUT2D eigenvalue weighted by Gasteiger charge is -2.28. The number of aromatic nitrogens is 6. The first-order valence-electron chi connectivity index (χ1n) is 17.2. The van der Waals surface area contributed by atoms with Gasteiger partial charge < -0.3 is 9.84 Å². The van der Waals surface area contributed by atoms with Crippen molar-refractivity contribution in [2.75, 3.05) is 6.61 Å². The Bertz CT molecular complexity index is 1930. The van der Waals surface area contributed by atoms with Gasteiger partial charge in [-0.1, -0.05) is 87.8 Å². The van der Waals surface area contributed by atoms with Gasteiger partial charge in [0.25, 0.3) is 5.56 Å². The SMILES string of the molecule is CCCc1c(Cc2ccc(-c3ccccc3-c3noc(=O)[nH]3)cc2)c(=O)n([C@@H](C)CC[C@H](CC)OCC(O)(CC)CC)c2nc(C)nn12. The van der Waals surface area contributed by atoms with Crippen LogP contribution < -0.4 is 11.3 Å². The van der Waals surface area contributed by atoms with Gasteiger partial charge in [-0.25, -0.2) is 9.31 Å². The number of nitrogens with zero attached hydrogens (tertiary/aromatic N) is 5. The van der Waals surface area contributed by atoms with E-state index in [4.69, 9.17) is 19.3 Å². The summed E-state index contributed by atoms with van der Waals surface area (Å²) in [4.78, 5) is 33.4. The lowest BCUT2D eigenvalue weighted by atomic mass is 9.96. The van der Waals surface area contributed by atoms with E-state index in [1.165, 1.54) is 0 Å². The van der Waals surface area contributed by atoms with Crippen LogP contribution in [0.25, 0.3) is 28.3 Å². The number of fused-ring (bicyclic) bond motifs is 1. The third-order valence-corrected chi connectivity index (χ3v) is 9.45. The summed E-state index contributed by atoms with van der Waals surface area (Å²) in [6.07, 6.45) is 5.56. The highest BCUT2D eigenvalue weighted by atomic mass is 16.5. The first kappa shape index (κ1) is 35.0. The summed E-state index contributed by atoms with van der Waals surface area (Å²) in [6, 6.07) is 15.7. The molecule has 0 radical (unpaired) electrons. The second-order valence-corrected chi connectivity index (χ2v) is 12.8. The molecule has 5 rings (SSSR count). The highest BCUT2D eigenvalue weighted by Crippen LogP contribution is 2.30.